The van der Waals surface area contributed by atoms with Gasteiger partial charge in [-0.1, -0.05) is 0 Å². The molecule has 2 aliphatic heterocycles. The summed E-state index contributed by atoms with van der Waals surface area (Å²) < 4.78 is 10.9. The van der Waals surface area contributed by atoms with E-state index in [1.54, 1.807) is 12.1 Å². The standard InChI is InChI=1S/C17H19N3O4/c21-20(22)14-7-12(17-13(8-14)10-23-11-24-17)9-19-6-2-4-16(19)15-3-1-5-18-15/h1,3,5,7-8,16,18H,2,4,6,9-11H2/t16-/m0/s1. The van der Waals surface area contributed by atoms with Crippen LogP contribution in [0.5, 0.6) is 5.75 Å². The van der Waals surface area contributed by atoms with Crippen molar-refractivity contribution in [3.05, 3.63) is 57.4 Å². The van der Waals surface area contributed by atoms with Gasteiger partial charge in [0.05, 0.1) is 17.6 Å². The second-order valence-corrected chi connectivity index (χ2v) is 6.21. The highest BCUT2D eigenvalue weighted by molar-refractivity contribution is 5.50. The normalized spacial score (nSPS) is 20.6. The molecule has 1 aromatic carbocycles. The lowest BCUT2D eigenvalue weighted by Gasteiger charge is -2.26. The lowest BCUT2D eigenvalue weighted by molar-refractivity contribution is -0.385. The van der Waals surface area contributed by atoms with E-state index in [0.717, 1.165) is 36.3 Å². The third-order valence-electron chi connectivity index (χ3n) is 4.70. The van der Waals surface area contributed by atoms with Crippen molar-refractivity contribution in [2.24, 2.45) is 0 Å². The first-order valence-electron chi connectivity index (χ1n) is 8.10. The Morgan fingerprint density at radius 3 is 3.12 bits per heavy atom. The largest absolute Gasteiger partial charge is 0.467 e. The number of hydrogen-bond donors (Lipinski definition) is 1. The van der Waals surface area contributed by atoms with Crippen LogP contribution in [0.1, 0.15) is 35.7 Å². The molecule has 1 saturated heterocycles. The highest BCUT2D eigenvalue weighted by Gasteiger charge is 2.29. The Kier molecular flexibility index (Phi) is 3.95. The fourth-order valence-corrected chi connectivity index (χ4v) is 3.64. The number of rotatable bonds is 4. The van der Waals surface area contributed by atoms with Crippen LogP contribution in [0.25, 0.3) is 0 Å². The van der Waals surface area contributed by atoms with Gasteiger partial charge in [-0.25, -0.2) is 0 Å². The molecule has 0 amide bonds. The molecule has 0 bridgehead atoms. The van der Waals surface area contributed by atoms with Gasteiger partial charge in [0.15, 0.2) is 6.79 Å². The Morgan fingerprint density at radius 2 is 2.33 bits per heavy atom. The molecule has 1 fully saturated rings. The number of non-ortho nitro benzene ring substituents is 1. The van der Waals surface area contributed by atoms with Crippen molar-refractivity contribution in [2.75, 3.05) is 13.3 Å². The Balaban J connectivity index is 1.66. The minimum atomic E-state index is -0.356. The van der Waals surface area contributed by atoms with Gasteiger partial charge < -0.3 is 14.5 Å². The molecule has 2 aromatic rings. The molecule has 0 aliphatic carbocycles. The molecule has 126 valence electrons. The number of H-pyrrole nitrogens is 1. The third-order valence-corrected chi connectivity index (χ3v) is 4.70. The molecule has 7 nitrogen and oxygen atoms in total. The van der Waals surface area contributed by atoms with Crippen LogP contribution in [0.3, 0.4) is 0 Å². The predicted octanol–water partition coefficient (Wildman–Crippen LogP) is 3.13. The summed E-state index contributed by atoms with van der Waals surface area (Å²) in [5.41, 5.74) is 2.89. The summed E-state index contributed by atoms with van der Waals surface area (Å²) in [6, 6.07) is 7.59. The lowest BCUT2D eigenvalue weighted by Crippen LogP contribution is -2.24. The SMILES string of the molecule is O=[N+]([O-])c1cc2c(c(CN3CCC[C@H]3c3ccc[nH]3)c1)OCOC2. The van der Waals surface area contributed by atoms with Gasteiger partial charge in [-0.3, -0.25) is 15.0 Å². The van der Waals surface area contributed by atoms with Crippen LogP contribution in [0, 0.1) is 10.1 Å². The van der Waals surface area contributed by atoms with Crippen molar-refractivity contribution in [1.29, 1.82) is 0 Å². The molecule has 2 aliphatic rings. The summed E-state index contributed by atoms with van der Waals surface area (Å²) in [6.07, 6.45) is 4.13. The molecule has 4 rings (SSSR count). The van der Waals surface area contributed by atoms with Crippen LogP contribution in [0.4, 0.5) is 5.69 Å². The third kappa shape index (κ3) is 2.76. The van der Waals surface area contributed by atoms with Gasteiger partial charge in [-0.05, 0) is 31.5 Å². The van der Waals surface area contributed by atoms with E-state index in [9.17, 15) is 10.1 Å². The quantitative estimate of drug-likeness (QED) is 0.688. The number of aromatic nitrogens is 1. The Morgan fingerprint density at radius 1 is 1.42 bits per heavy atom. The number of nitrogens with zero attached hydrogens (tertiary/aromatic N) is 2. The first-order chi connectivity index (χ1) is 11.7. The van der Waals surface area contributed by atoms with E-state index in [1.165, 1.54) is 5.69 Å². The molecule has 0 unspecified atom stereocenters. The Bertz CT molecular complexity index is 745. The van der Waals surface area contributed by atoms with Gasteiger partial charge in [-0.15, -0.1) is 0 Å². The van der Waals surface area contributed by atoms with Gasteiger partial charge in [-0.2, -0.15) is 0 Å². The molecular formula is C17H19N3O4. The molecule has 1 N–H and O–H groups in total. The number of hydrogen-bond acceptors (Lipinski definition) is 5. The minimum Gasteiger partial charge on any atom is -0.467 e. The summed E-state index contributed by atoms with van der Waals surface area (Å²) in [4.78, 5) is 16.5. The fraction of sp³-hybridized carbons (Fsp3) is 0.412. The average Bonchev–Trinajstić information content (AvgIpc) is 3.25. The number of ether oxygens (including phenoxy) is 2. The second-order valence-electron chi connectivity index (χ2n) is 6.21. The molecule has 24 heavy (non-hydrogen) atoms. The summed E-state index contributed by atoms with van der Waals surface area (Å²) in [5, 5.41) is 11.2. The summed E-state index contributed by atoms with van der Waals surface area (Å²) in [7, 11) is 0. The summed E-state index contributed by atoms with van der Waals surface area (Å²) >= 11 is 0. The number of likely N-dealkylation sites (tertiary alicyclic amines) is 1. The number of fused-ring (bicyclic) bond motifs is 1. The topological polar surface area (TPSA) is 80.6 Å². The van der Waals surface area contributed by atoms with Gasteiger partial charge in [0.2, 0.25) is 0 Å². The molecule has 0 spiro atoms. The molecule has 0 radical (unpaired) electrons. The number of nitro groups is 1. The van der Waals surface area contributed by atoms with Gasteiger partial charge >= 0.3 is 0 Å². The van der Waals surface area contributed by atoms with Crippen molar-refractivity contribution < 1.29 is 14.4 Å². The van der Waals surface area contributed by atoms with Crippen LogP contribution < -0.4 is 4.74 Å². The van der Waals surface area contributed by atoms with Crippen molar-refractivity contribution in [1.82, 2.24) is 9.88 Å². The summed E-state index contributed by atoms with van der Waals surface area (Å²) in [6.45, 7) is 2.15. The molecule has 3 heterocycles. The van der Waals surface area contributed by atoms with Gasteiger partial charge in [0.1, 0.15) is 5.75 Å². The molecule has 1 atom stereocenters. The van der Waals surface area contributed by atoms with E-state index in [-0.39, 0.29) is 17.4 Å². The molecular weight excluding hydrogens is 310 g/mol. The molecule has 7 heteroatoms. The van der Waals surface area contributed by atoms with Gasteiger partial charge in [0, 0.05) is 41.7 Å². The maximum absolute atomic E-state index is 11.2. The Labute approximate surface area is 139 Å². The average molecular weight is 329 g/mol. The van der Waals surface area contributed by atoms with E-state index >= 15 is 0 Å². The first kappa shape index (κ1) is 15.2. The number of benzene rings is 1. The van der Waals surface area contributed by atoms with Gasteiger partial charge in [0.25, 0.3) is 5.69 Å². The van der Waals surface area contributed by atoms with Crippen molar-refractivity contribution in [3.8, 4) is 5.75 Å². The fourth-order valence-electron chi connectivity index (χ4n) is 3.64. The summed E-state index contributed by atoms with van der Waals surface area (Å²) in [5.74, 6) is 0.740. The zero-order valence-electron chi connectivity index (χ0n) is 13.2. The molecule has 0 saturated carbocycles. The Hall–Kier alpha value is -2.38. The minimum absolute atomic E-state index is 0.0912. The zero-order valence-corrected chi connectivity index (χ0v) is 13.2. The second kappa shape index (κ2) is 6.26. The van der Waals surface area contributed by atoms with Crippen molar-refractivity contribution in [3.63, 3.8) is 0 Å². The number of nitro benzene ring substituents is 1. The zero-order chi connectivity index (χ0) is 16.5. The monoisotopic (exact) mass is 329 g/mol. The van der Waals surface area contributed by atoms with Crippen LogP contribution in [-0.4, -0.2) is 28.1 Å². The van der Waals surface area contributed by atoms with Crippen LogP contribution >= 0.6 is 0 Å². The smallest absolute Gasteiger partial charge is 0.270 e. The van der Waals surface area contributed by atoms with E-state index < -0.39 is 0 Å². The van der Waals surface area contributed by atoms with E-state index in [0.29, 0.717) is 19.2 Å². The molecule has 1 aromatic heterocycles. The van der Waals surface area contributed by atoms with E-state index in [2.05, 4.69) is 16.0 Å². The lowest BCUT2D eigenvalue weighted by atomic mass is 10.1. The number of aromatic amines is 1. The highest BCUT2D eigenvalue weighted by Crippen LogP contribution is 2.37. The number of nitrogens with one attached hydrogen (secondary N) is 1. The van der Waals surface area contributed by atoms with Crippen molar-refractivity contribution >= 4 is 5.69 Å². The van der Waals surface area contributed by atoms with E-state index in [1.807, 2.05) is 12.3 Å². The van der Waals surface area contributed by atoms with Crippen molar-refractivity contribution in [2.45, 2.75) is 32.0 Å². The predicted molar refractivity (Wildman–Crippen MR) is 86.6 cm³/mol. The van der Waals surface area contributed by atoms with Crippen LogP contribution in [0.15, 0.2) is 30.5 Å². The van der Waals surface area contributed by atoms with E-state index in [4.69, 9.17) is 9.47 Å². The maximum Gasteiger partial charge on any atom is 0.270 e. The van der Waals surface area contributed by atoms with Crippen LogP contribution in [-0.2, 0) is 17.9 Å². The maximum atomic E-state index is 11.2. The highest BCUT2D eigenvalue weighted by atomic mass is 16.7. The van der Waals surface area contributed by atoms with Crippen LogP contribution in [0.2, 0.25) is 0 Å². The first-order valence-corrected chi connectivity index (χ1v) is 8.10.